The number of sulfonamides is 2. The first-order chi connectivity index (χ1) is 19.8. The number of carbonyl (C=O) groups excluding carboxylic acids is 1. The number of nitrogens with zero attached hydrogens (tertiary/aromatic N) is 2. The van der Waals surface area contributed by atoms with E-state index in [-0.39, 0.29) is 40.6 Å². The maximum absolute atomic E-state index is 13.7. The van der Waals surface area contributed by atoms with Gasteiger partial charge in [-0.05, 0) is 78.9 Å². The molecule has 13 heteroatoms. The Kier molecular flexibility index (Phi) is 7.86. The molecule has 1 N–H and O–H groups in total. The van der Waals surface area contributed by atoms with E-state index in [4.69, 9.17) is 4.42 Å². The van der Waals surface area contributed by atoms with Gasteiger partial charge in [-0.15, -0.1) is 0 Å². The second-order valence-electron chi connectivity index (χ2n) is 10.2. The summed E-state index contributed by atoms with van der Waals surface area (Å²) in [7, 11) is -4.87. The lowest BCUT2D eigenvalue weighted by atomic mass is 9.89. The molecule has 0 spiro atoms. The number of fused-ring (bicyclic) bond motifs is 1. The van der Waals surface area contributed by atoms with Crippen LogP contribution in [0.25, 0.3) is 22.3 Å². The molecule has 0 saturated carbocycles. The van der Waals surface area contributed by atoms with Gasteiger partial charge in [-0.3, -0.25) is 9.10 Å². The number of carbonyl (C=O) groups is 1. The summed E-state index contributed by atoms with van der Waals surface area (Å²) in [6, 6.07) is 13.2. The molecule has 1 atom stereocenters. The van der Waals surface area contributed by atoms with Crippen molar-refractivity contribution in [1.82, 2.24) is 9.62 Å². The van der Waals surface area contributed by atoms with Gasteiger partial charge in [0.2, 0.25) is 20.0 Å². The molecular weight excluding hydrogens is 588 g/mol. The van der Waals surface area contributed by atoms with Crippen LogP contribution in [-0.2, 0) is 20.0 Å². The second-order valence-corrected chi connectivity index (χ2v) is 14.1. The molecule has 1 fully saturated rings. The van der Waals surface area contributed by atoms with Crippen molar-refractivity contribution in [3.8, 4) is 11.3 Å². The van der Waals surface area contributed by atoms with Gasteiger partial charge in [-0.25, -0.2) is 25.6 Å². The summed E-state index contributed by atoms with van der Waals surface area (Å²) in [6.45, 7) is 0.271. The van der Waals surface area contributed by atoms with Gasteiger partial charge >= 0.3 is 0 Å². The van der Waals surface area contributed by atoms with Crippen LogP contribution < -0.4 is 9.62 Å². The lowest BCUT2D eigenvalue weighted by Gasteiger charge is -2.34. The number of halogens is 2. The molecule has 0 aliphatic carbocycles. The fraction of sp³-hybridized carbons (Fsp3) is 0.276. The number of rotatable bonds is 7. The van der Waals surface area contributed by atoms with Crippen LogP contribution in [0.5, 0.6) is 0 Å². The highest BCUT2D eigenvalue weighted by Gasteiger charge is 2.34. The lowest BCUT2D eigenvalue weighted by Crippen LogP contribution is -2.39. The van der Waals surface area contributed by atoms with E-state index in [0.717, 1.165) is 22.7 Å². The molecule has 1 aliphatic heterocycles. The molecule has 0 radical (unpaired) electrons. The SMILES string of the molecule is CNC(=O)c1c(-c2ccc(F)cc2)oc2cc(N(C)S(C)(=O)=O)c([C@H]3CCCN(S(=O)(=O)c4ccc(F)cc4)C3)cc12. The molecular formula is C29H29F2N3O6S2. The van der Waals surface area contributed by atoms with E-state index in [9.17, 15) is 30.4 Å². The minimum absolute atomic E-state index is 0.0355. The van der Waals surface area contributed by atoms with Crippen molar-refractivity contribution in [3.63, 3.8) is 0 Å². The van der Waals surface area contributed by atoms with Crippen molar-refractivity contribution in [2.75, 3.05) is 37.7 Å². The summed E-state index contributed by atoms with van der Waals surface area (Å²) in [5.41, 5.74) is 1.65. The van der Waals surface area contributed by atoms with Crippen molar-refractivity contribution >= 4 is 42.6 Å². The number of benzene rings is 3. The first-order valence-electron chi connectivity index (χ1n) is 13.1. The Morgan fingerprint density at radius 1 is 1.00 bits per heavy atom. The van der Waals surface area contributed by atoms with Crippen LogP contribution in [0.3, 0.4) is 0 Å². The molecule has 222 valence electrons. The van der Waals surface area contributed by atoms with Crippen molar-refractivity contribution < 1.29 is 34.8 Å². The number of hydrogen-bond acceptors (Lipinski definition) is 6. The van der Waals surface area contributed by atoms with Gasteiger partial charge < -0.3 is 9.73 Å². The predicted molar refractivity (Wildman–Crippen MR) is 155 cm³/mol. The quantitative estimate of drug-likeness (QED) is 0.321. The van der Waals surface area contributed by atoms with Crippen LogP contribution in [0.2, 0.25) is 0 Å². The van der Waals surface area contributed by atoms with Gasteiger partial charge in [-0.1, -0.05) is 0 Å². The van der Waals surface area contributed by atoms with Crippen LogP contribution in [0.15, 0.2) is 70.0 Å². The van der Waals surface area contributed by atoms with Crippen LogP contribution >= 0.6 is 0 Å². The standard InChI is InChI=1S/C29H29F2N3O6S2/c1-32-29(35)27-24-15-23(19-5-4-14-34(17-19)42(38,39)22-12-10-21(31)11-13-22)25(33(2)41(3,36)37)16-26(24)40-28(27)18-6-8-20(30)9-7-18/h6-13,15-16,19H,4-5,14,17H2,1-3H3,(H,32,35)/t19-/m0/s1. The van der Waals surface area contributed by atoms with E-state index in [1.807, 2.05) is 0 Å². The largest absolute Gasteiger partial charge is 0.455 e. The van der Waals surface area contributed by atoms with Gasteiger partial charge in [0.05, 0.1) is 22.4 Å². The number of piperidine rings is 1. The normalized spacial score (nSPS) is 16.5. The van der Waals surface area contributed by atoms with Crippen LogP contribution in [0.1, 0.15) is 34.7 Å². The molecule has 1 aromatic heterocycles. The maximum atomic E-state index is 13.7. The molecule has 2 heterocycles. The van der Waals surface area contributed by atoms with Gasteiger partial charge in [0.1, 0.15) is 23.0 Å². The van der Waals surface area contributed by atoms with Crippen LogP contribution in [-0.4, -0.2) is 60.5 Å². The van der Waals surface area contributed by atoms with Crippen molar-refractivity contribution in [2.24, 2.45) is 0 Å². The summed E-state index contributed by atoms with van der Waals surface area (Å²) in [5, 5.41) is 2.99. The first-order valence-corrected chi connectivity index (χ1v) is 16.4. The monoisotopic (exact) mass is 617 g/mol. The third kappa shape index (κ3) is 5.51. The molecule has 0 bridgehead atoms. The Morgan fingerprint density at radius 3 is 2.21 bits per heavy atom. The molecule has 0 unspecified atom stereocenters. The Morgan fingerprint density at radius 2 is 1.62 bits per heavy atom. The van der Waals surface area contributed by atoms with E-state index in [1.165, 1.54) is 60.9 Å². The Labute approximate surface area is 242 Å². The van der Waals surface area contributed by atoms with Gasteiger partial charge in [0.25, 0.3) is 5.91 Å². The zero-order valence-electron chi connectivity index (χ0n) is 23.1. The smallest absolute Gasteiger partial charge is 0.255 e. The lowest BCUT2D eigenvalue weighted by molar-refractivity contribution is 0.0964. The van der Waals surface area contributed by atoms with Crippen molar-refractivity contribution in [3.05, 3.63) is 83.4 Å². The Balaban J connectivity index is 1.68. The Hall–Kier alpha value is -3.81. The van der Waals surface area contributed by atoms with Gasteiger partial charge in [0, 0.05) is 44.2 Å². The second kappa shape index (κ2) is 11.1. The predicted octanol–water partition coefficient (Wildman–Crippen LogP) is 4.70. The fourth-order valence-electron chi connectivity index (χ4n) is 5.25. The van der Waals surface area contributed by atoms with Gasteiger partial charge in [0.15, 0.2) is 0 Å². The van der Waals surface area contributed by atoms with Crippen LogP contribution in [0.4, 0.5) is 14.5 Å². The molecule has 3 aromatic carbocycles. The summed E-state index contributed by atoms with van der Waals surface area (Å²) < 4.78 is 87.8. The third-order valence-corrected chi connectivity index (χ3v) is 10.6. The number of anilines is 1. The highest BCUT2D eigenvalue weighted by atomic mass is 32.2. The molecule has 1 aliphatic rings. The number of amides is 1. The highest BCUT2D eigenvalue weighted by molar-refractivity contribution is 7.92. The van der Waals surface area contributed by atoms with Crippen LogP contribution in [0, 0.1) is 11.6 Å². The van der Waals surface area contributed by atoms with E-state index >= 15 is 0 Å². The summed E-state index contributed by atoms with van der Waals surface area (Å²) in [4.78, 5) is 13.1. The number of hydrogen-bond donors (Lipinski definition) is 1. The molecule has 1 amide bonds. The van der Waals surface area contributed by atoms with E-state index in [2.05, 4.69) is 5.32 Å². The van der Waals surface area contributed by atoms with E-state index in [1.54, 1.807) is 6.07 Å². The van der Waals surface area contributed by atoms with E-state index in [0.29, 0.717) is 29.4 Å². The van der Waals surface area contributed by atoms with Crippen molar-refractivity contribution in [1.29, 1.82) is 0 Å². The minimum atomic E-state index is -3.96. The van der Waals surface area contributed by atoms with Gasteiger partial charge in [-0.2, -0.15) is 4.31 Å². The summed E-state index contributed by atoms with van der Waals surface area (Å²) >= 11 is 0. The zero-order chi connectivity index (χ0) is 30.4. The topological polar surface area (TPSA) is 117 Å². The number of furan rings is 1. The molecule has 1 saturated heterocycles. The molecule has 42 heavy (non-hydrogen) atoms. The number of nitrogens with one attached hydrogen (secondary N) is 1. The fourth-order valence-corrected chi connectivity index (χ4v) is 7.29. The molecule has 9 nitrogen and oxygen atoms in total. The highest BCUT2D eigenvalue weighted by Crippen LogP contribution is 2.42. The Bertz CT molecular complexity index is 1870. The maximum Gasteiger partial charge on any atom is 0.255 e. The average Bonchev–Trinajstić information content (AvgIpc) is 3.34. The molecule has 4 aromatic rings. The average molecular weight is 618 g/mol. The van der Waals surface area contributed by atoms with Crippen molar-refractivity contribution in [2.45, 2.75) is 23.7 Å². The third-order valence-electron chi connectivity index (χ3n) is 7.51. The zero-order valence-corrected chi connectivity index (χ0v) is 24.7. The first kappa shape index (κ1) is 29.7. The minimum Gasteiger partial charge on any atom is -0.455 e. The molecule has 5 rings (SSSR count). The summed E-state index contributed by atoms with van der Waals surface area (Å²) in [5.74, 6) is -1.75. The summed E-state index contributed by atoms with van der Waals surface area (Å²) in [6.07, 6.45) is 2.08. The van der Waals surface area contributed by atoms with E-state index < -0.39 is 43.5 Å².